The Kier molecular flexibility index (Phi) is 7.90. The lowest BCUT2D eigenvalue weighted by atomic mass is 9.43. The van der Waals surface area contributed by atoms with Gasteiger partial charge in [0, 0.05) is 11.3 Å². The summed E-state index contributed by atoms with van der Waals surface area (Å²) < 4.78 is 6.21. The van der Waals surface area contributed by atoms with Crippen molar-refractivity contribution in [1.29, 1.82) is 0 Å². The summed E-state index contributed by atoms with van der Waals surface area (Å²) in [6.07, 6.45) is 12.6. The lowest BCUT2D eigenvalue weighted by Crippen LogP contribution is -2.57. The molecule has 0 amide bonds. The van der Waals surface area contributed by atoms with Crippen LogP contribution in [0.25, 0.3) is 0 Å². The molecule has 0 bridgehead atoms. The first-order valence-corrected chi connectivity index (χ1v) is 16.0. The minimum Gasteiger partial charge on any atom is -0.458 e. The van der Waals surface area contributed by atoms with Crippen LogP contribution in [-0.2, 0) is 4.74 Å². The van der Waals surface area contributed by atoms with Gasteiger partial charge in [0.05, 0.1) is 11.7 Å². The zero-order valence-electron chi connectivity index (χ0n) is 25.7. The van der Waals surface area contributed by atoms with Gasteiger partial charge in [-0.1, -0.05) is 97.6 Å². The van der Waals surface area contributed by atoms with Gasteiger partial charge < -0.3 is 9.84 Å². The third-order valence-corrected chi connectivity index (χ3v) is 12.4. The molecule has 1 aromatic carbocycles. The van der Waals surface area contributed by atoms with Crippen LogP contribution in [0.1, 0.15) is 117 Å². The number of carbonyl (C=O) groups excluding carboxylic acids is 1. The van der Waals surface area contributed by atoms with Crippen molar-refractivity contribution >= 4 is 5.97 Å². The number of aliphatic hydroxyl groups excluding tert-OH is 1. The molecule has 3 fully saturated rings. The van der Waals surface area contributed by atoms with Gasteiger partial charge in [0.1, 0.15) is 6.10 Å². The first kappa shape index (κ1) is 28.9. The summed E-state index contributed by atoms with van der Waals surface area (Å²) in [5.41, 5.74) is 2.53. The van der Waals surface area contributed by atoms with Crippen LogP contribution in [0.3, 0.4) is 0 Å². The van der Waals surface area contributed by atoms with Gasteiger partial charge in [-0.15, -0.1) is 0 Å². The summed E-state index contributed by atoms with van der Waals surface area (Å²) >= 11 is 0. The molecule has 0 spiro atoms. The molecule has 0 saturated heterocycles. The molecule has 216 valence electrons. The number of benzene rings is 1. The minimum absolute atomic E-state index is 0.0692. The minimum atomic E-state index is -0.210. The van der Waals surface area contributed by atoms with E-state index in [0.29, 0.717) is 35.2 Å². The molecule has 0 aromatic heterocycles. The van der Waals surface area contributed by atoms with Crippen LogP contribution in [0.2, 0.25) is 0 Å². The van der Waals surface area contributed by atoms with Gasteiger partial charge in [-0.3, -0.25) is 0 Å². The highest BCUT2D eigenvalue weighted by atomic mass is 16.5. The van der Waals surface area contributed by atoms with Crippen molar-refractivity contribution in [1.82, 2.24) is 0 Å². The summed E-state index contributed by atoms with van der Waals surface area (Å²) in [5, 5.41) is 11.6. The van der Waals surface area contributed by atoms with Crippen molar-refractivity contribution in [2.24, 2.45) is 51.8 Å². The molecule has 1 N–H and O–H groups in total. The lowest BCUT2D eigenvalue weighted by molar-refractivity contribution is -0.131. The number of hydrogen-bond acceptors (Lipinski definition) is 3. The molecule has 39 heavy (non-hydrogen) atoms. The average molecular weight is 535 g/mol. The van der Waals surface area contributed by atoms with Crippen LogP contribution in [0, 0.1) is 51.8 Å². The van der Waals surface area contributed by atoms with Crippen molar-refractivity contribution in [3.05, 3.63) is 47.5 Å². The third kappa shape index (κ3) is 4.93. The molecular formula is C36H54O3. The Hall–Kier alpha value is -1.61. The molecular weight excluding hydrogens is 480 g/mol. The standard InChI is InChI=1S/C36H54O3/c1-23(2)12-11-13-24(3)28-22-29(37)32-26-16-17-30-34(4,5)31(39-33(38)25-14-9-8-10-15-25)19-21-35(30,6)27(26)18-20-36(28,32)7/h8-10,14-16,23-24,27-32,37H,11-13,17-22H2,1-7H3/t24-,27?,28-,29+,30+,31+,32+,35-,36-/m1/s1. The normalized spacial score (nSPS) is 39.8. The van der Waals surface area contributed by atoms with Crippen molar-refractivity contribution < 1.29 is 14.6 Å². The fourth-order valence-corrected chi connectivity index (χ4v) is 10.3. The Balaban J connectivity index is 1.35. The Labute approximate surface area is 238 Å². The summed E-state index contributed by atoms with van der Waals surface area (Å²) in [6, 6.07) is 9.44. The number of allylic oxidation sites excluding steroid dienone is 1. The van der Waals surface area contributed by atoms with E-state index >= 15 is 0 Å². The molecule has 9 atom stereocenters. The van der Waals surface area contributed by atoms with Gasteiger partial charge in [-0.05, 0) is 91.1 Å². The predicted molar refractivity (Wildman–Crippen MR) is 159 cm³/mol. The van der Waals surface area contributed by atoms with E-state index in [1.807, 2.05) is 30.3 Å². The quantitative estimate of drug-likeness (QED) is 0.281. The molecule has 3 nitrogen and oxygen atoms in total. The topological polar surface area (TPSA) is 46.5 Å². The largest absolute Gasteiger partial charge is 0.458 e. The van der Waals surface area contributed by atoms with Gasteiger partial charge in [-0.25, -0.2) is 4.79 Å². The number of fused-ring (bicyclic) bond motifs is 5. The maximum atomic E-state index is 13.0. The number of rotatable bonds is 7. The lowest BCUT2D eigenvalue weighted by Gasteiger charge is -2.62. The molecule has 1 unspecified atom stereocenters. The highest BCUT2D eigenvalue weighted by molar-refractivity contribution is 5.89. The van der Waals surface area contributed by atoms with Crippen LogP contribution in [0.5, 0.6) is 0 Å². The fraction of sp³-hybridized carbons (Fsp3) is 0.750. The third-order valence-electron chi connectivity index (χ3n) is 12.4. The molecule has 5 rings (SSSR count). The first-order chi connectivity index (χ1) is 18.4. The van der Waals surface area contributed by atoms with Crippen LogP contribution >= 0.6 is 0 Å². The van der Waals surface area contributed by atoms with Gasteiger partial charge in [-0.2, -0.15) is 0 Å². The van der Waals surface area contributed by atoms with Crippen LogP contribution in [-0.4, -0.2) is 23.3 Å². The number of aliphatic hydroxyl groups is 1. The van der Waals surface area contributed by atoms with Gasteiger partial charge in [0.2, 0.25) is 0 Å². The fourth-order valence-electron chi connectivity index (χ4n) is 10.3. The molecule has 4 aliphatic carbocycles. The maximum absolute atomic E-state index is 13.0. The van der Waals surface area contributed by atoms with E-state index in [2.05, 4.69) is 54.5 Å². The first-order valence-electron chi connectivity index (χ1n) is 16.0. The number of carbonyl (C=O) groups is 1. The van der Waals surface area contributed by atoms with Gasteiger partial charge >= 0.3 is 5.97 Å². The monoisotopic (exact) mass is 534 g/mol. The summed E-state index contributed by atoms with van der Waals surface area (Å²) in [5.74, 6) is 3.17. The van der Waals surface area contributed by atoms with Gasteiger partial charge in [0.25, 0.3) is 0 Å². The Bertz CT molecular complexity index is 1060. The van der Waals surface area contributed by atoms with Crippen molar-refractivity contribution in [2.75, 3.05) is 0 Å². The second-order valence-corrected chi connectivity index (χ2v) is 15.4. The second kappa shape index (κ2) is 10.7. The number of ether oxygens (including phenoxy) is 1. The van der Waals surface area contributed by atoms with E-state index in [1.165, 1.54) is 32.1 Å². The Morgan fingerprint density at radius 1 is 1.00 bits per heavy atom. The molecule has 4 aliphatic rings. The van der Waals surface area contributed by atoms with Gasteiger partial charge in [0.15, 0.2) is 0 Å². The van der Waals surface area contributed by atoms with E-state index in [4.69, 9.17) is 4.74 Å². The Morgan fingerprint density at radius 3 is 2.38 bits per heavy atom. The summed E-state index contributed by atoms with van der Waals surface area (Å²) in [4.78, 5) is 13.0. The van der Waals surface area contributed by atoms with E-state index in [0.717, 1.165) is 31.6 Å². The molecule has 3 heteroatoms. The van der Waals surface area contributed by atoms with E-state index in [9.17, 15) is 9.90 Å². The molecule has 1 aromatic rings. The smallest absolute Gasteiger partial charge is 0.338 e. The summed E-state index contributed by atoms with van der Waals surface area (Å²) in [6.45, 7) is 16.8. The van der Waals surface area contributed by atoms with E-state index in [1.54, 1.807) is 5.57 Å². The average Bonchev–Trinajstić information content (AvgIpc) is 3.16. The number of esters is 1. The molecule has 0 aliphatic heterocycles. The zero-order valence-corrected chi connectivity index (χ0v) is 25.7. The van der Waals surface area contributed by atoms with E-state index < -0.39 is 0 Å². The maximum Gasteiger partial charge on any atom is 0.338 e. The zero-order chi connectivity index (χ0) is 28.2. The molecule has 3 saturated carbocycles. The van der Waals surface area contributed by atoms with Crippen molar-refractivity contribution in [3.8, 4) is 0 Å². The predicted octanol–water partition coefficient (Wildman–Crippen LogP) is 8.86. The second-order valence-electron chi connectivity index (χ2n) is 15.4. The van der Waals surface area contributed by atoms with Crippen molar-refractivity contribution in [3.63, 3.8) is 0 Å². The Morgan fingerprint density at radius 2 is 1.69 bits per heavy atom. The SMILES string of the molecule is CC(C)CCC[C@@H](C)[C@H]1C[C@H](O)[C@@H]2C3=CC[C@H]4C(C)(C)[C@@H](OC(=O)c5ccccc5)CC[C@]4(C)C3CC[C@]12C. The number of hydrogen-bond donors (Lipinski definition) is 1. The highest BCUT2D eigenvalue weighted by Crippen LogP contribution is 2.69. The molecule has 0 radical (unpaired) electrons. The van der Waals surface area contributed by atoms with E-state index in [-0.39, 0.29) is 34.4 Å². The van der Waals surface area contributed by atoms with Crippen molar-refractivity contribution in [2.45, 2.75) is 118 Å². The van der Waals surface area contributed by atoms with Crippen LogP contribution in [0.4, 0.5) is 0 Å². The van der Waals surface area contributed by atoms with Crippen LogP contribution < -0.4 is 0 Å². The summed E-state index contributed by atoms with van der Waals surface area (Å²) in [7, 11) is 0. The van der Waals surface area contributed by atoms with Crippen LogP contribution in [0.15, 0.2) is 42.0 Å². The molecule has 0 heterocycles. The highest BCUT2D eigenvalue weighted by Gasteiger charge is 2.63.